The Morgan fingerprint density at radius 3 is 2.86 bits per heavy atom. The number of nitrogens with one attached hydrogen (secondary N) is 1. The molecule has 2 N–H and O–H groups in total. The molecule has 6 nitrogen and oxygen atoms in total. The molecular formula is C14H23BrN4O2. The Kier molecular flexibility index (Phi) is 5.78. The average molecular weight is 359 g/mol. The van der Waals surface area contributed by atoms with Crippen molar-refractivity contribution < 1.29 is 5.11 Å². The van der Waals surface area contributed by atoms with E-state index >= 15 is 0 Å². The summed E-state index contributed by atoms with van der Waals surface area (Å²) in [4.78, 5) is 14.0. The maximum absolute atomic E-state index is 11.7. The first-order valence-electron chi connectivity index (χ1n) is 7.33. The Labute approximate surface area is 133 Å². The van der Waals surface area contributed by atoms with Crippen LogP contribution in [-0.4, -0.2) is 52.1 Å². The highest BCUT2D eigenvalue weighted by Gasteiger charge is 2.18. The molecule has 0 bridgehead atoms. The Bertz CT molecular complexity index is 526. The number of halogens is 1. The van der Waals surface area contributed by atoms with Crippen LogP contribution in [0.3, 0.4) is 0 Å². The van der Waals surface area contributed by atoms with Gasteiger partial charge in [0.1, 0.15) is 4.47 Å². The van der Waals surface area contributed by atoms with Crippen LogP contribution in [-0.2, 0) is 7.05 Å². The lowest BCUT2D eigenvalue weighted by molar-refractivity contribution is 0.0990. The number of aliphatic hydroxyl groups excluding tert-OH is 1. The SMILES string of the molecule is CC1CCN(CC(O)CNc2cnn(C)c(=O)c2Br)CC1. The molecule has 118 valence electrons. The van der Waals surface area contributed by atoms with Crippen molar-refractivity contribution in [2.75, 3.05) is 31.5 Å². The molecule has 2 heterocycles. The van der Waals surface area contributed by atoms with E-state index in [2.05, 4.69) is 38.2 Å². The highest BCUT2D eigenvalue weighted by molar-refractivity contribution is 9.10. The number of likely N-dealkylation sites (tertiary alicyclic amines) is 1. The summed E-state index contributed by atoms with van der Waals surface area (Å²) in [5.41, 5.74) is 0.420. The number of rotatable bonds is 5. The van der Waals surface area contributed by atoms with Crippen molar-refractivity contribution in [3.05, 3.63) is 21.0 Å². The van der Waals surface area contributed by atoms with Gasteiger partial charge in [0.25, 0.3) is 5.56 Å². The predicted molar refractivity (Wildman–Crippen MR) is 86.5 cm³/mol. The van der Waals surface area contributed by atoms with Gasteiger partial charge in [0.15, 0.2) is 0 Å². The molecule has 0 spiro atoms. The second-order valence-corrected chi connectivity index (χ2v) is 6.61. The first kappa shape index (κ1) is 16.5. The quantitative estimate of drug-likeness (QED) is 0.823. The van der Waals surface area contributed by atoms with E-state index in [0.717, 1.165) is 19.0 Å². The average Bonchev–Trinajstić information content (AvgIpc) is 2.46. The van der Waals surface area contributed by atoms with E-state index in [-0.39, 0.29) is 5.56 Å². The molecule has 1 unspecified atom stereocenters. The highest BCUT2D eigenvalue weighted by atomic mass is 79.9. The summed E-state index contributed by atoms with van der Waals surface area (Å²) in [6.07, 6.45) is 3.52. The molecule has 1 aliphatic rings. The van der Waals surface area contributed by atoms with Crippen LogP contribution in [0.1, 0.15) is 19.8 Å². The molecule has 0 aliphatic carbocycles. The Hall–Kier alpha value is -0.920. The van der Waals surface area contributed by atoms with Gasteiger partial charge in [-0.05, 0) is 47.8 Å². The number of aryl methyl sites for hydroxylation is 1. The van der Waals surface area contributed by atoms with Gasteiger partial charge >= 0.3 is 0 Å². The minimum absolute atomic E-state index is 0.195. The molecule has 2 rings (SSSR count). The van der Waals surface area contributed by atoms with E-state index < -0.39 is 6.10 Å². The Morgan fingerprint density at radius 1 is 1.52 bits per heavy atom. The van der Waals surface area contributed by atoms with Gasteiger partial charge in [-0.1, -0.05) is 6.92 Å². The van der Waals surface area contributed by atoms with E-state index in [4.69, 9.17) is 0 Å². The number of piperidine rings is 1. The van der Waals surface area contributed by atoms with Crippen molar-refractivity contribution in [2.45, 2.75) is 25.9 Å². The number of aromatic nitrogens is 2. The third-order valence-corrected chi connectivity index (χ3v) is 4.72. The molecule has 1 aliphatic heterocycles. The number of anilines is 1. The van der Waals surface area contributed by atoms with Crippen LogP contribution in [0.15, 0.2) is 15.5 Å². The van der Waals surface area contributed by atoms with Crippen LogP contribution in [0.4, 0.5) is 5.69 Å². The van der Waals surface area contributed by atoms with E-state index in [1.54, 1.807) is 13.2 Å². The summed E-state index contributed by atoms with van der Waals surface area (Å²) in [7, 11) is 1.60. The molecule has 0 saturated carbocycles. The lowest BCUT2D eigenvalue weighted by Gasteiger charge is -2.31. The molecule has 1 atom stereocenters. The maximum Gasteiger partial charge on any atom is 0.282 e. The number of β-amino-alcohol motifs (C(OH)–C–C–N with tert-alkyl or cyclic N) is 1. The summed E-state index contributed by atoms with van der Waals surface area (Å²) < 4.78 is 1.71. The summed E-state index contributed by atoms with van der Waals surface area (Å²) in [5, 5.41) is 17.2. The van der Waals surface area contributed by atoms with Gasteiger partial charge in [0, 0.05) is 20.1 Å². The second-order valence-electron chi connectivity index (χ2n) is 5.82. The van der Waals surface area contributed by atoms with Crippen LogP contribution in [0, 0.1) is 5.92 Å². The van der Waals surface area contributed by atoms with E-state index in [0.29, 0.717) is 23.2 Å². The van der Waals surface area contributed by atoms with Crippen molar-refractivity contribution in [3.8, 4) is 0 Å². The van der Waals surface area contributed by atoms with Crippen molar-refractivity contribution in [1.82, 2.24) is 14.7 Å². The minimum Gasteiger partial charge on any atom is -0.390 e. The molecule has 0 amide bonds. The second kappa shape index (κ2) is 7.38. The fraction of sp³-hybridized carbons (Fsp3) is 0.714. The predicted octanol–water partition coefficient (Wildman–Crippen LogP) is 1.05. The van der Waals surface area contributed by atoms with Crippen molar-refractivity contribution in [1.29, 1.82) is 0 Å². The summed E-state index contributed by atoms with van der Waals surface area (Å²) in [5.74, 6) is 0.791. The van der Waals surface area contributed by atoms with Gasteiger partial charge in [-0.2, -0.15) is 5.10 Å². The van der Waals surface area contributed by atoms with E-state index in [9.17, 15) is 9.90 Å². The molecule has 0 radical (unpaired) electrons. The maximum atomic E-state index is 11.7. The summed E-state index contributed by atoms with van der Waals surface area (Å²) in [6.45, 7) is 5.44. The van der Waals surface area contributed by atoms with Crippen LogP contribution < -0.4 is 10.9 Å². The summed E-state index contributed by atoms with van der Waals surface area (Å²) in [6, 6.07) is 0. The summed E-state index contributed by atoms with van der Waals surface area (Å²) >= 11 is 3.26. The molecular weight excluding hydrogens is 336 g/mol. The molecule has 1 fully saturated rings. The van der Waals surface area contributed by atoms with Gasteiger partial charge in [-0.25, -0.2) is 4.68 Å². The zero-order chi connectivity index (χ0) is 15.4. The van der Waals surface area contributed by atoms with Gasteiger partial charge in [-0.3, -0.25) is 4.79 Å². The van der Waals surface area contributed by atoms with Gasteiger partial charge in [0.2, 0.25) is 0 Å². The van der Waals surface area contributed by atoms with Crippen LogP contribution >= 0.6 is 15.9 Å². The van der Waals surface area contributed by atoms with Crippen LogP contribution in [0.5, 0.6) is 0 Å². The Balaban J connectivity index is 1.83. The first-order valence-corrected chi connectivity index (χ1v) is 8.12. The topological polar surface area (TPSA) is 70.4 Å². The smallest absolute Gasteiger partial charge is 0.282 e. The molecule has 1 saturated heterocycles. The molecule has 7 heteroatoms. The lowest BCUT2D eigenvalue weighted by atomic mass is 9.99. The number of hydrogen-bond donors (Lipinski definition) is 2. The van der Waals surface area contributed by atoms with Crippen molar-refractivity contribution in [2.24, 2.45) is 13.0 Å². The molecule has 0 aromatic carbocycles. The third kappa shape index (κ3) is 4.52. The van der Waals surface area contributed by atoms with Gasteiger partial charge < -0.3 is 15.3 Å². The number of nitrogens with zero attached hydrogens (tertiary/aromatic N) is 3. The zero-order valence-corrected chi connectivity index (χ0v) is 14.1. The zero-order valence-electron chi connectivity index (χ0n) is 12.5. The lowest BCUT2D eigenvalue weighted by Crippen LogP contribution is -2.40. The fourth-order valence-electron chi connectivity index (χ4n) is 2.47. The standard InChI is InChI=1S/C14H23BrN4O2/c1-10-3-5-19(6-4-10)9-11(20)7-16-12-8-17-18(2)14(21)13(12)15/h8,10-11,16,20H,3-7,9H2,1-2H3. The molecule has 1 aromatic rings. The largest absolute Gasteiger partial charge is 0.390 e. The van der Waals surface area contributed by atoms with Crippen molar-refractivity contribution in [3.63, 3.8) is 0 Å². The molecule has 21 heavy (non-hydrogen) atoms. The van der Waals surface area contributed by atoms with Gasteiger partial charge in [0.05, 0.1) is 18.0 Å². The van der Waals surface area contributed by atoms with Crippen LogP contribution in [0.2, 0.25) is 0 Å². The van der Waals surface area contributed by atoms with E-state index in [1.165, 1.54) is 17.5 Å². The number of hydrogen-bond acceptors (Lipinski definition) is 5. The minimum atomic E-state index is -0.464. The van der Waals surface area contributed by atoms with E-state index in [1.807, 2.05) is 0 Å². The first-order chi connectivity index (χ1) is 9.97. The number of aliphatic hydroxyl groups is 1. The van der Waals surface area contributed by atoms with Crippen LogP contribution in [0.25, 0.3) is 0 Å². The third-order valence-electron chi connectivity index (χ3n) is 3.95. The fourth-order valence-corrected chi connectivity index (χ4v) is 2.97. The monoisotopic (exact) mass is 358 g/mol. The van der Waals surface area contributed by atoms with Crippen molar-refractivity contribution >= 4 is 21.6 Å². The normalized spacial score (nSPS) is 18.7. The molecule has 1 aromatic heterocycles. The van der Waals surface area contributed by atoms with Gasteiger partial charge in [-0.15, -0.1) is 0 Å². The highest BCUT2D eigenvalue weighted by Crippen LogP contribution is 2.17. The Morgan fingerprint density at radius 2 is 2.19 bits per heavy atom.